The van der Waals surface area contributed by atoms with Gasteiger partial charge in [-0.3, -0.25) is 9.69 Å². The van der Waals surface area contributed by atoms with Gasteiger partial charge in [0.25, 0.3) is 0 Å². The number of amides is 1. The Hall–Kier alpha value is -1.08. The smallest absolute Gasteiger partial charge is 0.224 e. The van der Waals surface area contributed by atoms with Gasteiger partial charge in [0, 0.05) is 12.6 Å². The van der Waals surface area contributed by atoms with Gasteiger partial charge >= 0.3 is 0 Å². The quantitative estimate of drug-likeness (QED) is 0.774. The van der Waals surface area contributed by atoms with Crippen molar-refractivity contribution >= 4 is 5.91 Å². The lowest BCUT2D eigenvalue weighted by Crippen LogP contribution is -2.46. The van der Waals surface area contributed by atoms with E-state index in [1.54, 1.807) is 0 Å². The normalized spacial score (nSPS) is 26.5. The molecule has 1 unspecified atom stereocenters. The predicted octanol–water partition coefficient (Wildman–Crippen LogP) is 1.67. The number of hydrogen-bond acceptors (Lipinski definition) is 3. The topological polar surface area (TPSA) is 56.1 Å². The average molecular weight is 249 g/mol. The van der Waals surface area contributed by atoms with Crippen LogP contribution in [0.1, 0.15) is 44.9 Å². The fourth-order valence-corrected chi connectivity index (χ4v) is 3.08. The molecule has 0 bridgehead atoms. The van der Waals surface area contributed by atoms with Crippen molar-refractivity contribution in [2.75, 3.05) is 19.6 Å². The fourth-order valence-electron chi connectivity index (χ4n) is 3.08. The largest absolute Gasteiger partial charge is 0.353 e. The number of nitrogens with one attached hydrogen (secondary N) is 1. The summed E-state index contributed by atoms with van der Waals surface area (Å²) in [4.78, 5) is 14.3. The molecule has 1 aliphatic heterocycles. The van der Waals surface area contributed by atoms with Gasteiger partial charge in [0.15, 0.2) is 0 Å². The van der Waals surface area contributed by atoms with Crippen LogP contribution in [0.2, 0.25) is 0 Å². The number of carbonyl (C=O) groups is 1. The van der Waals surface area contributed by atoms with Crippen LogP contribution < -0.4 is 5.32 Å². The summed E-state index contributed by atoms with van der Waals surface area (Å²) in [5.41, 5.74) is 0. The van der Waals surface area contributed by atoms with E-state index in [9.17, 15) is 4.79 Å². The Labute approximate surface area is 109 Å². The summed E-state index contributed by atoms with van der Waals surface area (Å²) in [6.45, 7) is 2.17. The van der Waals surface area contributed by atoms with E-state index in [2.05, 4.69) is 16.3 Å². The molecule has 1 saturated heterocycles. The molecule has 2 rings (SSSR count). The molecule has 0 radical (unpaired) electrons. The lowest BCUT2D eigenvalue weighted by molar-refractivity contribution is -0.127. The van der Waals surface area contributed by atoms with Crippen molar-refractivity contribution in [3.8, 4) is 6.07 Å². The van der Waals surface area contributed by atoms with Gasteiger partial charge in [-0.2, -0.15) is 5.26 Å². The highest BCUT2D eigenvalue weighted by Crippen LogP contribution is 2.20. The molecule has 100 valence electrons. The molecule has 1 aliphatic carbocycles. The molecule has 1 saturated carbocycles. The summed E-state index contributed by atoms with van der Waals surface area (Å²) >= 11 is 0. The van der Waals surface area contributed by atoms with Crippen LogP contribution in [-0.2, 0) is 4.79 Å². The molecular formula is C14H23N3O. The minimum absolute atomic E-state index is 0.0917. The van der Waals surface area contributed by atoms with Crippen molar-refractivity contribution in [1.29, 1.82) is 5.26 Å². The molecule has 1 atom stereocenters. The monoisotopic (exact) mass is 249 g/mol. The van der Waals surface area contributed by atoms with Crippen LogP contribution in [0.15, 0.2) is 0 Å². The number of nitrogens with zero attached hydrogens (tertiary/aromatic N) is 2. The Morgan fingerprint density at radius 2 is 2.00 bits per heavy atom. The number of hydrogen-bond donors (Lipinski definition) is 1. The maximum Gasteiger partial charge on any atom is 0.224 e. The Kier molecular flexibility index (Phi) is 5.00. The van der Waals surface area contributed by atoms with Crippen LogP contribution in [0.4, 0.5) is 0 Å². The van der Waals surface area contributed by atoms with Gasteiger partial charge in [-0.1, -0.05) is 19.3 Å². The summed E-state index contributed by atoms with van der Waals surface area (Å²) in [6, 6.07) is 2.57. The second-order valence-corrected chi connectivity index (χ2v) is 5.58. The molecule has 0 aromatic heterocycles. The highest BCUT2D eigenvalue weighted by Gasteiger charge is 2.27. The van der Waals surface area contributed by atoms with E-state index in [1.165, 1.54) is 19.3 Å². The van der Waals surface area contributed by atoms with Crippen molar-refractivity contribution < 1.29 is 4.79 Å². The van der Waals surface area contributed by atoms with E-state index >= 15 is 0 Å². The zero-order chi connectivity index (χ0) is 12.8. The van der Waals surface area contributed by atoms with Gasteiger partial charge < -0.3 is 5.32 Å². The fraction of sp³-hybridized carbons (Fsp3) is 0.857. The highest BCUT2D eigenvalue weighted by molar-refractivity contribution is 5.79. The van der Waals surface area contributed by atoms with Crippen LogP contribution in [0, 0.1) is 17.2 Å². The summed E-state index contributed by atoms with van der Waals surface area (Å²) in [5.74, 6) is 0.304. The van der Waals surface area contributed by atoms with Crippen LogP contribution >= 0.6 is 0 Å². The first-order valence-corrected chi connectivity index (χ1v) is 7.19. The van der Waals surface area contributed by atoms with E-state index in [-0.39, 0.29) is 11.8 Å². The number of rotatable bonds is 3. The van der Waals surface area contributed by atoms with Crippen molar-refractivity contribution in [1.82, 2.24) is 10.2 Å². The first-order chi connectivity index (χ1) is 8.79. The SMILES string of the molecule is N#CCN1CCCC(C(=O)NC2CCCCC2)C1. The average Bonchev–Trinajstić information content (AvgIpc) is 2.40. The molecule has 2 aliphatic rings. The number of likely N-dealkylation sites (tertiary alicyclic amines) is 1. The first-order valence-electron chi connectivity index (χ1n) is 7.19. The third-order valence-corrected chi connectivity index (χ3v) is 4.12. The molecule has 2 fully saturated rings. The van der Waals surface area contributed by atoms with Gasteiger partial charge in [-0.15, -0.1) is 0 Å². The lowest BCUT2D eigenvalue weighted by atomic mass is 9.93. The van der Waals surface area contributed by atoms with E-state index in [0.29, 0.717) is 12.6 Å². The molecule has 1 amide bonds. The zero-order valence-corrected chi connectivity index (χ0v) is 11.0. The van der Waals surface area contributed by atoms with Gasteiger partial charge in [-0.05, 0) is 32.2 Å². The molecule has 0 spiro atoms. The van der Waals surface area contributed by atoms with E-state index in [0.717, 1.165) is 38.8 Å². The molecule has 4 nitrogen and oxygen atoms in total. The van der Waals surface area contributed by atoms with Crippen LogP contribution in [0.5, 0.6) is 0 Å². The number of nitriles is 1. The zero-order valence-electron chi connectivity index (χ0n) is 11.0. The third kappa shape index (κ3) is 3.71. The summed E-state index contributed by atoms with van der Waals surface area (Å²) in [7, 11) is 0. The van der Waals surface area contributed by atoms with Gasteiger partial charge in [0.05, 0.1) is 18.5 Å². The third-order valence-electron chi connectivity index (χ3n) is 4.12. The number of piperidine rings is 1. The molecule has 1 N–H and O–H groups in total. The van der Waals surface area contributed by atoms with E-state index in [4.69, 9.17) is 5.26 Å². The number of carbonyl (C=O) groups excluding carboxylic acids is 1. The molecule has 0 aromatic rings. The van der Waals surface area contributed by atoms with Crippen LogP contribution in [-0.4, -0.2) is 36.5 Å². The first kappa shape index (κ1) is 13.4. The van der Waals surface area contributed by atoms with Crippen molar-refractivity contribution in [2.45, 2.75) is 51.0 Å². The van der Waals surface area contributed by atoms with Gasteiger partial charge in [-0.25, -0.2) is 0 Å². The molecule has 1 heterocycles. The second-order valence-electron chi connectivity index (χ2n) is 5.58. The van der Waals surface area contributed by atoms with Gasteiger partial charge in [0.1, 0.15) is 0 Å². The summed E-state index contributed by atoms with van der Waals surface area (Å²) in [5, 5.41) is 11.9. The molecule has 0 aromatic carbocycles. The summed E-state index contributed by atoms with van der Waals surface area (Å²) in [6.07, 6.45) is 8.09. The molecule has 4 heteroatoms. The highest BCUT2D eigenvalue weighted by atomic mass is 16.2. The molecular weight excluding hydrogens is 226 g/mol. The van der Waals surface area contributed by atoms with Gasteiger partial charge in [0.2, 0.25) is 5.91 Å². The Balaban J connectivity index is 1.79. The maximum absolute atomic E-state index is 12.2. The predicted molar refractivity (Wildman–Crippen MR) is 69.8 cm³/mol. The van der Waals surface area contributed by atoms with E-state index in [1.807, 2.05) is 0 Å². The Morgan fingerprint density at radius 3 is 2.72 bits per heavy atom. The van der Waals surface area contributed by atoms with Crippen molar-refractivity contribution in [2.24, 2.45) is 5.92 Å². The maximum atomic E-state index is 12.2. The van der Waals surface area contributed by atoms with Crippen molar-refractivity contribution in [3.63, 3.8) is 0 Å². The Bertz CT molecular complexity index is 317. The Morgan fingerprint density at radius 1 is 1.22 bits per heavy atom. The minimum Gasteiger partial charge on any atom is -0.353 e. The minimum atomic E-state index is 0.0917. The molecule has 18 heavy (non-hydrogen) atoms. The van der Waals surface area contributed by atoms with Crippen molar-refractivity contribution in [3.05, 3.63) is 0 Å². The lowest BCUT2D eigenvalue weighted by Gasteiger charge is -2.32. The second kappa shape index (κ2) is 6.75. The van der Waals surface area contributed by atoms with E-state index < -0.39 is 0 Å². The standard InChI is InChI=1S/C14H23N3O/c15-8-10-17-9-4-5-12(11-17)14(18)16-13-6-2-1-3-7-13/h12-13H,1-7,9-11H2,(H,16,18). The summed E-state index contributed by atoms with van der Waals surface area (Å²) < 4.78 is 0. The van der Waals surface area contributed by atoms with Crippen LogP contribution in [0.25, 0.3) is 0 Å². The van der Waals surface area contributed by atoms with Crippen LogP contribution in [0.3, 0.4) is 0 Å².